The van der Waals surface area contributed by atoms with Crippen molar-refractivity contribution in [2.75, 3.05) is 19.7 Å². The van der Waals surface area contributed by atoms with Gasteiger partial charge in [0.1, 0.15) is 6.04 Å². The number of ether oxygens (including phenoxy) is 1. The van der Waals surface area contributed by atoms with Crippen molar-refractivity contribution >= 4 is 5.97 Å². The van der Waals surface area contributed by atoms with Crippen LogP contribution in [0.3, 0.4) is 0 Å². The minimum absolute atomic E-state index is 0.133. The van der Waals surface area contributed by atoms with Crippen molar-refractivity contribution in [3.05, 3.63) is 35.9 Å². The molecule has 3 atom stereocenters. The number of benzene rings is 1. The third-order valence-corrected chi connectivity index (χ3v) is 3.53. The SMILES string of the molecule is O=C(O)C1CC(O)CN1CC(O)COCc1ccccc1. The number of hydrogen-bond acceptors (Lipinski definition) is 5. The lowest BCUT2D eigenvalue weighted by Gasteiger charge is -2.23. The summed E-state index contributed by atoms with van der Waals surface area (Å²) >= 11 is 0. The second-order valence-electron chi connectivity index (χ2n) is 5.35. The second kappa shape index (κ2) is 7.51. The molecular formula is C15H21NO5. The minimum Gasteiger partial charge on any atom is -0.480 e. The van der Waals surface area contributed by atoms with E-state index in [0.29, 0.717) is 6.61 Å². The molecule has 0 aromatic heterocycles. The normalized spacial score (nSPS) is 24.1. The first-order valence-electron chi connectivity index (χ1n) is 7.01. The Morgan fingerprint density at radius 2 is 2.10 bits per heavy atom. The highest BCUT2D eigenvalue weighted by atomic mass is 16.5. The van der Waals surface area contributed by atoms with Crippen LogP contribution in [-0.4, -0.2) is 64.1 Å². The van der Waals surface area contributed by atoms with Gasteiger partial charge in [-0.2, -0.15) is 0 Å². The number of nitrogens with zero attached hydrogens (tertiary/aromatic N) is 1. The molecule has 1 heterocycles. The Morgan fingerprint density at radius 1 is 1.38 bits per heavy atom. The molecule has 3 unspecified atom stereocenters. The van der Waals surface area contributed by atoms with Gasteiger partial charge in [0.05, 0.1) is 25.4 Å². The van der Waals surface area contributed by atoms with Crippen LogP contribution in [0.2, 0.25) is 0 Å². The fourth-order valence-corrected chi connectivity index (χ4v) is 2.55. The number of likely N-dealkylation sites (tertiary alicyclic amines) is 1. The largest absolute Gasteiger partial charge is 0.480 e. The average molecular weight is 295 g/mol. The van der Waals surface area contributed by atoms with Crippen LogP contribution in [0.4, 0.5) is 0 Å². The highest BCUT2D eigenvalue weighted by Gasteiger charge is 2.36. The molecule has 1 aliphatic rings. The van der Waals surface area contributed by atoms with Gasteiger partial charge in [0, 0.05) is 19.5 Å². The predicted octanol–water partition coefficient (Wildman–Crippen LogP) is 0.0839. The first-order chi connectivity index (χ1) is 10.1. The second-order valence-corrected chi connectivity index (χ2v) is 5.35. The van der Waals surface area contributed by atoms with Crippen LogP contribution in [0.5, 0.6) is 0 Å². The van der Waals surface area contributed by atoms with Gasteiger partial charge in [-0.1, -0.05) is 30.3 Å². The molecule has 0 bridgehead atoms. The van der Waals surface area contributed by atoms with Gasteiger partial charge >= 0.3 is 5.97 Å². The maximum absolute atomic E-state index is 11.1. The van der Waals surface area contributed by atoms with E-state index in [1.807, 2.05) is 30.3 Å². The van der Waals surface area contributed by atoms with Crippen LogP contribution in [0.15, 0.2) is 30.3 Å². The summed E-state index contributed by atoms with van der Waals surface area (Å²) in [5.74, 6) is -0.969. The molecular weight excluding hydrogens is 274 g/mol. The Labute approximate surface area is 123 Å². The number of rotatable bonds is 7. The van der Waals surface area contributed by atoms with Gasteiger partial charge in [0.2, 0.25) is 0 Å². The van der Waals surface area contributed by atoms with Gasteiger partial charge in [-0.3, -0.25) is 9.69 Å². The fourth-order valence-electron chi connectivity index (χ4n) is 2.55. The van der Waals surface area contributed by atoms with Crippen molar-refractivity contribution in [3.8, 4) is 0 Å². The third kappa shape index (κ3) is 4.78. The zero-order valence-corrected chi connectivity index (χ0v) is 11.8. The van der Waals surface area contributed by atoms with Crippen molar-refractivity contribution < 1.29 is 24.9 Å². The monoisotopic (exact) mass is 295 g/mol. The summed E-state index contributed by atoms with van der Waals surface area (Å²) in [4.78, 5) is 12.7. The molecule has 1 aromatic rings. The Morgan fingerprint density at radius 3 is 2.76 bits per heavy atom. The Bertz CT molecular complexity index is 453. The summed E-state index contributed by atoms with van der Waals surface area (Å²) in [7, 11) is 0. The van der Waals surface area contributed by atoms with E-state index in [1.165, 1.54) is 0 Å². The lowest BCUT2D eigenvalue weighted by atomic mass is 10.2. The van der Waals surface area contributed by atoms with Crippen molar-refractivity contribution in [2.24, 2.45) is 0 Å². The van der Waals surface area contributed by atoms with Crippen molar-refractivity contribution in [2.45, 2.75) is 31.3 Å². The maximum atomic E-state index is 11.1. The standard InChI is InChI=1S/C15H21NO5/c17-12-6-14(15(19)20)16(7-12)8-13(18)10-21-9-11-4-2-1-3-5-11/h1-5,12-14,17-18H,6-10H2,(H,19,20). The number of aliphatic carboxylic acids is 1. The molecule has 1 aromatic carbocycles. The van der Waals surface area contributed by atoms with Crippen molar-refractivity contribution in [3.63, 3.8) is 0 Å². The molecule has 0 radical (unpaired) electrons. The van der Waals surface area contributed by atoms with E-state index in [1.54, 1.807) is 4.90 Å². The zero-order valence-electron chi connectivity index (χ0n) is 11.8. The lowest BCUT2D eigenvalue weighted by Crippen LogP contribution is -2.42. The van der Waals surface area contributed by atoms with Crippen molar-refractivity contribution in [1.82, 2.24) is 4.90 Å². The van der Waals surface area contributed by atoms with Gasteiger partial charge in [0.15, 0.2) is 0 Å². The zero-order chi connectivity index (χ0) is 15.2. The number of aliphatic hydroxyl groups is 2. The molecule has 1 fully saturated rings. The molecule has 6 nitrogen and oxygen atoms in total. The minimum atomic E-state index is -0.969. The first kappa shape index (κ1) is 15.9. The van der Waals surface area contributed by atoms with E-state index in [0.717, 1.165) is 5.56 Å². The highest BCUT2D eigenvalue weighted by Crippen LogP contribution is 2.18. The van der Waals surface area contributed by atoms with Gasteiger partial charge < -0.3 is 20.1 Å². The molecule has 1 saturated heterocycles. The quantitative estimate of drug-likeness (QED) is 0.660. The van der Waals surface area contributed by atoms with Crippen LogP contribution in [0, 0.1) is 0 Å². The van der Waals surface area contributed by atoms with E-state index in [4.69, 9.17) is 9.84 Å². The van der Waals surface area contributed by atoms with Crippen LogP contribution in [-0.2, 0) is 16.1 Å². The Kier molecular flexibility index (Phi) is 5.69. The van der Waals surface area contributed by atoms with Crippen LogP contribution in [0.1, 0.15) is 12.0 Å². The van der Waals surface area contributed by atoms with Crippen LogP contribution >= 0.6 is 0 Å². The smallest absolute Gasteiger partial charge is 0.321 e. The summed E-state index contributed by atoms with van der Waals surface area (Å²) in [6.07, 6.45) is -1.23. The number of carbonyl (C=O) groups is 1. The van der Waals surface area contributed by atoms with E-state index in [2.05, 4.69) is 0 Å². The van der Waals surface area contributed by atoms with Crippen molar-refractivity contribution in [1.29, 1.82) is 0 Å². The van der Waals surface area contributed by atoms with Crippen LogP contribution in [0.25, 0.3) is 0 Å². The molecule has 0 spiro atoms. The molecule has 1 aliphatic heterocycles. The molecule has 0 amide bonds. The number of carboxylic acids is 1. The molecule has 3 N–H and O–H groups in total. The summed E-state index contributed by atoms with van der Waals surface area (Å²) in [6.45, 7) is 0.992. The average Bonchev–Trinajstić information content (AvgIpc) is 2.81. The molecule has 2 rings (SSSR count). The topological polar surface area (TPSA) is 90.2 Å². The number of aliphatic hydroxyl groups excluding tert-OH is 2. The lowest BCUT2D eigenvalue weighted by molar-refractivity contribution is -0.142. The summed E-state index contributed by atoms with van der Waals surface area (Å²) in [6, 6.07) is 8.89. The van der Waals surface area contributed by atoms with Gasteiger partial charge in [-0.15, -0.1) is 0 Å². The van der Waals surface area contributed by atoms with Gasteiger partial charge in [-0.05, 0) is 5.56 Å². The number of hydrogen-bond donors (Lipinski definition) is 3. The van der Waals surface area contributed by atoms with E-state index < -0.39 is 24.2 Å². The Hall–Kier alpha value is -1.47. The van der Waals surface area contributed by atoms with Gasteiger partial charge in [-0.25, -0.2) is 0 Å². The summed E-state index contributed by atoms with van der Waals surface area (Å²) < 4.78 is 5.43. The molecule has 116 valence electrons. The van der Waals surface area contributed by atoms with E-state index >= 15 is 0 Å². The predicted molar refractivity (Wildman–Crippen MR) is 75.7 cm³/mol. The first-order valence-corrected chi connectivity index (χ1v) is 7.01. The van der Waals surface area contributed by atoms with Crippen LogP contribution < -0.4 is 0 Å². The summed E-state index contributed by atoms with van der Waals surface area (Å²) in [5, 5.41) is 28.5. The molecule has 21 heavy (non-hydrogen) atoms. The maximum Gasteiger partial charge on any atom is 0.321 e. The third-order valence-electron chi connectivity index (χ3n) is 3.53. The number of carboxylic acid groups (broad SMARTS) is 1. The Balaban J connectivity index is 1.74. The fraction of sp³-hybridized carbons (Fsp3) is 0.533. The van der Waals surface area contributed by atoms with E-state index in [9.17, 15) is 15.0 Å². The molecule has 6 heteroatoms. The molecule has 0 saturated carbocycles. The highest BCUT2D eigenvalue weighted by molar-refractivity contribution is 5.74. The van der Waals surface area contributed by atoms with Gasteiger partial charge in [0.25, 0.3) is 0 Å². The van der Waals surface area contributed by atoms with E-state index in [-0.39, 0.29) is 26.1 Å². The summed E-state index contributed by atoms with van der Waals surface area (Å²) in [5.41, 5.74) is 1.02. The number of β-amino-alcohol motifs (C(OH)–C–C–N with tert-alkyl or cyclic N) is 2. The molecule has 0 aliphatic carbocycles.